The number of fused-ring (bicyclic) bond motifs is 1. The summed E-state index contributed by atoms with van der Waals surface area (Å²) in [6.07, 6.45) is 5.79. The third-order valence-electron chi connectivity index (χ3n) is 3.94. The Labute approximate surface area is 116 Å². The van der Waals surface area contributed by atoms with Crippen molar-refractivity contribution in [2.45, 2.75) is 32.2 Å². The van der Waals surface area contributed by atoms with Gasteiger partial charge in [-0.1, -0.05) is 41.4 Å². The van der Waals surface area contributed by atoms with Crippen molar-refractivity contribution in [3.05, 3.63) is 34.9 Å². The van der Waals surface area contributed by atoms with Crippen molar-refractivity contribution in [3.8, 4) is 0 Å². The van der Waals surface area contributed by atoms with Gasteiger partial charge in [-0.05, 0) is 30.9 Å². The zero-order chi connectivity index (χ0) is 12.5. The first kappa shape index (κ1) is 12.0. The normalized spacial score (nSPS) is 23.4. The van der Waals surface area contributed by atoms with Crippen LogP contribution in [0.4, 0.5) is 5.82 Å². The summed E-state index contributed by atoms with van der Waals surface area (Å²) in [4.78, 5) is 4.51. The Kier molecular flexibility index (Phi) is 3.25. The largest absolute Gasteiger partial charge is 0.367 e. The van der Waals surface area contributed by atoms with Gasteiger partial charge < -0.3 is 5.32 Å². The third kappa shape index (κ3) is 2.12. The van der Waals surface area contributed by atoms with Crippen molar-refractivity contribution in [1.82, 2.24) is 4.98 Å². The molecule has 1 aliphatic carbocycles. The molecule has 2 unspecified atom stereocenters. The van der Waals surface area contributed by atoms with Gasteiger partial charge in [0.05, 0.1) is 0 Å². The number of hydrogen-bond acceptors (Lipinski definition) is 2. The zero-order valence-electron chi connectivity index (χ0n) is 10.5. The van der Waals surface area contributed by atoms with E-state index in [1.807, 2.05) is 6.20 Å². The second-order valence-electron chi connectivity index (χ2n) is 5.15. The molecule has 1 N–H and O–H groups in total. The molecular weight excluding hydrogens is 288 g/mol. The Balaban J connectivity index is 1.99. The van der Waals surface area contributed by atoms with Crippen LogP contribution in [0.5, 0.6) is 0 Å². The van der Waals surface area contributed by atoms with Gasteiger partial charge in [-0.3, -0.25) is 0 Å². The Morgan fingerprint density at radius 2 is 2.11 bits per heavy atom. The maximum atomic E-state index is 4.51. The fourth-order valence-corrected chi connectivity index (χ4v) is 3.32. The van der Waals surface area contributed by atoms with Crippen LogP contribution in [-0.4, -0.2) is 11.0 Å². The van der Waals surface area contributed by atoms with Gasteiger partial charge in [-0.15, -0.1) is 0 Å². The van der Waals surface area contributed by atoms with Crippen molar-refractivity contribution in [3.63, 3.8) is 0 Å². The SMILES string of the molecule is CC1CCCC1Nc1nccc2c(Br)cccc12. The standard InChI is InChI=1S/C15H17BrN2/c1-10-4-2-7-14(10)18-15-12-5-3-6-13(16)11(12)8-9-17-15/h3,5-6,8-10,14H,2,4,7H2,1H3,(H,17,18). The molecule has 3 heteroatoms. The van der Waals surface area contributed by atoms with E-state index in [0.717, 1.165) is 16.2 Å². The smallest absolute Gasteiger partial charge is 0.134 e. The quantitative estimate of drug-likeness (QED) is 0.877. The summed E-state index contributed by atoms with van der Waals surface area (Å²) >= 11 is 3.60. The highest BCUT2D eigenvalue weighted by Gasteiger charge is 2.23. The van der Waals surface area contributed by atoms with Gasteiger partial charge in [0.25, 0.3) is 0 Å². The molecule has 94 valence electrons. The van der Waals surface area contributed by atoms with Crippen LogP contribution in [-0.2, 0) is 0 Å². The first-order valence-electron chi connectivity index (χ1n) is 6.55. The van der Waals surface area contributed by atoms with E-state index in [0.29, 0.717) is 6.04 Å². The first-order chi connectivity index (χ1) is 8.75. The molecule has 0 bridgehead atoms. The highest BCUT2D eigenvalue weighted by molar-refractivity contribution is 9.10. The van der Waals surface area contributed by atoms with Crippen LogP contribution in [0.15, 0.2) is 34.9 Å². The molecule has 1 aromatic heterocycles. The summed E-state index contributed by atoms with van der Waals surface area (Å²) in [7, 11) is 0. The van der Waals surface area contributed by atoms with E-state index >= 15 is 0 Å². The van der Waals surface area contributed by atoms with Crippen molar-refractivity contribution in [2.75, 3.05) is 5.32 Å². The van der Waals surface area contributed by atoms with E-state index in [1.165, 1.54) is 30.0 Å². The molecule has 0 saturated heterocycles. The maximum absolute atomic E-state index is 4.51. The lowest BCUT2D eigenvalue weighted by Crippen LogP contribution is -2.22. The van der Waals surface area contributed by atoms with E-state index in [-0.39, 0.29) is 0 Å². The van der Waals surface area contributed by atoms with Crippen molar-refractivity contribution >= 4 is 32.5 Å². The number of halogens is 1. The number of rotatable bonds is 2. The second kappa shape index (κ2) is 4.88. The molecule has 0 radical (unpaired) electrons. The molecule has 1 fully saturated rings. The van der Waals surface area contributed by atoms with Gasteiger partial charge in [-0.25, -0.2) is 4.98 Å². The van der Waals surface area contributed by atoms with Crippen LogP contribution in [0.25, 0.3) is 10.8 Å². The Bertz CT molecular complexity index is 567. The number of pyridine rings is 1. The number of nitrogens with one attached hydrogen (secondary N) is 1. The minimum Gasteiger partial charge on any atom is -0.367 e. The predicted octanol–water partition coefficient (Wildman–Crippen LogP) is 4.60. The summed E-state index contributed by atoms with van der Waals surface area (Å²) in [5.74, 6) is 1.77. The van der Waals surface area contributed by atoms with Crippen LogP contribution < -0.4 is 5.32 Å². The summed E-state index contributed by atoms with van der Waals surface area (Å²) in [5, 5.41) is 6.05. The van der Waals surface area contributed by atoms with Crippen molar-refractivity contribution in [1.29, 1.82) is 0 Å². The average molecular weight is 305 g/mol. The molecule has 1 aliphatic rings. The van der Waals surface area contributed by atoms with Gasteiger partial charge in [-0.2, -0.15) is 0 Å². The summed E-state index contributed by atoms with van der Waals surface area (Å²) in [6.45, 7) is 2.33. The number of hydrogen-bond donors (Lipinski definition) is 1. The lowest BCUT2D eigenvalue weighted by Gasteiger charge is -2.19. The maximum Gasteiger partial charge on any atom is 0.134 e. The van der Waals surface area contributed by atoms with Gasteiger partial charge in [0.1, 0.15) is 5.82 Å². The van der Waals surface area contributed by atoms with E-state index in [9.17, 15) is 0 Å². The van der Waals surface area contributed by atoms with E-state index in [4.69, 9.17) is 0 Å². The van der Waals surface area contributed by atoms with Crippen molar-refractivity contribution < 1.29 is 0 Å². The number of benzene rings is 1. The molecule has 0 spiro atoms. The fourth-order valence-electron chi connectivity index (χ4n) is 2.82. The van der Waals surface area contributed by atoms with E-state index in [1.54, 1.807) is 0 Å². The lowest BCUT2D eigenvalue weighted by molar-refractivity contribution is 0.555. The van der Waals surface area contributed by atoms with Crippen LogP contribution in [0.1, 0.15) is 26.2 Å². The molecule has 18 heavy (non-hydrogen) atoms. The molecule has 1 saturated carbocycles. The van der Waals surface area contributed by atoms with Crippen LogP contribution in [0.3, 0.4) is 0 Å². The second-order valence-corrected chi connectivity index (χ2v) is 6.01. The third-order valence-corrected chi connectivity index (χ3v) is 4.63. The number of nitrogens with zero attached hydrogens (tertiary/aromatic N) is 1. The lowest BCUT2D eigenvalue weighted by atomic mass is 10.1. The Morgan fingerprint density at radius 3 is 2.89 bits per heavy atom. The highest BCUT2D eigenvalue weighted by atomic mass is 79.9. The monoisotopic (exact) mass is 304 g/mol. The highest BCUT2D eigenvalue weighted by Crippen LogP contribution is 2.31. The summed E-state index contributed by atoms with van der Waals surface area (Å²) in [5.41, 5.74) is 0. The topological polar surface area (TPSA) is 24.9 Å². The molecular formula is C15H17BrN2. The molecule has 2 aromatic rings. The molecule has 2 atom stereocenters. The van der Waals surface area contributed by atoms with E-state index in [2.05, 4.69) is 57.4 Å². The van der Waals surface area contributed by atoms with Gasteiger partial charge >= 0.3 is 0 Å². The Hall–Kier alpha value is -1.09. The van der Waals surface area contributed by atoms with Gasteiger partial charge in [0.15, 0.2) is 0 Å². The minimum absolute atomic E-state index is 0.571. The van der Waals surface area contributed by atoms with Crippen LogP contribution >= 0.6 is 15.9 Å². The molecule has 3 rings (SSSR count). The molecule has 0 aliphatic heterocycles. The summed E-state index contributed by atoms with van der Waals surface area (Å²) < 4.78 is 1.13. The van der Waals surface area contributed by atoms with Gasteiger partial charge in [0, 0.05) is 27.5 Å². The van der Waals surface area contributed by atoms with E-state index < -0.39 is 0 Å². The summed E-state index contributed by atoms with van der Waals surface area (Å²) in [6, 6.07) is 8.90. The number of aromatic nitrogens is 1. The molecule has 0 amide bonds. The van der Waals surface area contributed by atoms with Crippen LogP contribution in [0.2, 0.25) is 0 Å². The molecule has 1 aromatic carbocycles. The first-order valence-corrected chi connectivity index (χ1v) is 7.35. The van der Waals surface area contributed by atoms with Crippen molar-refractivity contribution in [2.24, 2.45) is 5.92 Å². The molecule has 2 nitrogen and oxygen atoms in total. The average Bonchev–Trinajstić information content (AvgIpc) is 2.77. The molecule has 1 heterocycles. The fraction of sp³-hybridized carbons (Fsp3) is 0.400. The predicted molar refractivity (Wildman–Crippen MR) is 79.9 cm³/mol. The minimum atomic E-state index is 0.571. The Morgan fingerprint density at radius 1 is 1.22 bits per heavy atom. The van der Waals surface area contributed by atoms with Crippen LogP contribution in [0, 0.1) is 5.92 Å². The zero-order valence-corrected chi connectivity index (χ0v) is 12.1. The van der Waals surface area contributed by atoms with Gasteiger partial charge in [0.2, 0.25) is 0 Å². The number of anilines is 1.